The van der Waals surface area contributed by atoms with E-state index in [2.05, 4.69) is 16.4 Å². The zero-order chi connectivity index (χ0) is 23.9. The fourth-order valence-electron chi connectivity index (χ4n) is 4.38. The SMILES string of the molecule is Cc1cc(C)cc(C(=O)N2CCCC(C(=O)NCc3cccc(OCc4ccccn4)c3)C2)c1. The Morgan fingerprint density at radius 3 is 2.65 bits per heavy atom. The van der Waals surface area contributed by atoms with Crippen LogP contribution in [0.1, 0.15) is 45.6 Å². The second-order valence-corrected chi connectivity index (χ2v) is 8.94. The summed E-state index contributed by atoms with van der Waals surface area (Å²) in [7, 11) is 0. The molecule has 3 aromatic rings. The molecule has 2 heterocycles. The number of hydrogen-bond donors (Lipinski definition) is 1. The molecular weight excluding hydrogens is 426 g/mol. The van der Waals surface area contributed by atoms with Gasteiger partial charge in [0.25, 0.3) is 5.91 Å². The molecule has 0 radical (unpaired) electrons. The Hall–Kier alpha value is -3.67. The standard InChI is InChI=1S/C28H31N3O3/c1-20-13-21(2)15-24(14-20)28(33)31-12-6-8-23(18-31)27(32)30-17-22-7-5-10-26(16-22)34-19-25-9-3-4-11-29-25/h3-5,7,9-11,13-16,23H,6,8,12,17-19H2,1-2H3,(H,30,32). The van der Waals surface area contributed by atoms with Crippen molar-refractivity contribution < 1.29 is 14.3 Å². The summed E-state index contributed by atoms with van der Waals surface area (Å²) in [5.74, 6) is 0.521. The minimum Gasteiger partial charge on any atom is -0.487 e. The van der Waals surface area contributed by atoms with Gasteiger partial charge >= 0.3 is 0 Å². The summed E-state index contributed by atoms with van der Waals surface area (Å²) >= 11 is 0. The third kappa shape index (κ3) is 6.22. The maximum Gasteiger partial charge on any atom is 0.253 e. The van der Waals surface area contributed by atoms with E-state index in [0.717, 1.165) is 41.0 Å². The summed E-state index contributed by atoms with van der Waals surface area (Å²) in [6, 6.07) is 19.3. The fourth-order valence-corrected chi connectivity index (χ4v) is 4.38. The van der Waals surface area contributed by atoms with Gasteiger partial charge in [0.1, 0.15) is 12.4 Å². The monoisotopic (exact) mass is 457 g/mol. The average Bonchev–Trinajstić information content (AvgIpc) is 2.86. The Morgan fingerprint density at radius 2 is 1.88 bits per heavy atom. The molecular formula is C28H31N3O3. The van der Waals surface area contributed by atoms with Crippen molar-refractivity contribution in [2.24, 2.45) is 5.92 Å². The highest BCUT2D eigenvalue weighted by molar-refractivity contribution is 5.95. The molecule has 0 bridgehead atoms. The van der Waals surface area contributed by atoms with E-state index in [1.165, 1.54) is 0 Å². The quantitative estimate of drug-likeness (QED) is 0.569. The molecule has 4 rings (SSSR count). The number of aryl methyl sites for hydroxylation is 2. The van der Waals surface area contributed by atoms with Crippen LogP contribution in [0.2, 0.25) is 0 Å². The summed E-state index contributed by atoms with van der Waals surface area (Å²) in [6.45, 7) is 5.93. The molecule has 1 unspecified atom stereocenters. The predicted octanol–water partition coefficient (Wildman–Crippen LogP) is 4.45. The Labute approximate surface area is 201 Å². The van der Waals surface area contributed by atoms with Crippen molar-refractivity contribution in [1.82, 2.24) is 15.2 Å². The first kappa shape index (κ1) is 23.5. The first-order chi connectivity index (χ1) is 16.5. The van der Waals surface area contributed by atoms with Gasteiger partial charge in [-0.1, -0.05) is 35.4 Å². The molecule has 6 heteroatoms. The molecule has 6 nitrogen and oxygen atoms in total. The second-order valence-electron chi connectivity index (χ2n) is 8.94. The molecule has 1 atom stereocenters. The van der Waals surface area contributed by atoms with Gasteiger partial charge in [-0.05, 0) is 68.7 Å². The van der Waals surface area contributed by atoms with E-state index in [9.17, 15) is 9.59 Å². The van der Waals surface area contributed by atoms with E-state index < -0.39 is 0 Å². The van der Waals surface area contributed by atoms with Crippen LogP contribution in [0, 0.1) is 19.8 Å². The van der Waals surface area contributed by atoms with E-state index in [4.69, 9.17) is 4.74 Å². The third-order valence-corrected chi connectivity index (χ3v) is 6.03. The molecule has 1 aliphatic rings. The zero-order valence-corrected chi connectivity index (χ0v) is 19.8. The van der Waals surface area contributed by atoms with Crippen LogP contribution < -0.4 is 10.1 Å². The minimum atomic E-state index is -0.202. The lowest BCUT2D eigenvalue weighted by Crippen LogP contribution is -2.45. The lowest BCUT2D eigenvalue weighted by molar-refractivity contribution is -0.126. The summed E-state index contributed by atoms with van der Waals surface area (Å²) in [5.41, 5.74) is 4.66. The third-order valence-electron chi connectivity index (χ3n) is 6.03. The number of nitrogens with zero attached hydrogens (tertiary/aromatic N) is 2. The van der Waals surface area contributed by atoms with Crippen molar-refractivity contribution in [3.8, 4) is 5.75 Å². The van der Waals surface area contributed by atoms with Gasteiger partial charge in [0, 0.05) is 31.4 Å². The number of likely N-dealkylation sites (tertiary alicyclic amines) is 1. The molecule has 1 N–H and O–H groups in total. The van der Waals surface area contributed by atoms with Gasteiger partial charge in [0.05, 0.1) is 11.6 Å². The summed E-state index contributed by atoms with van der Waals surface area (Å²) in [5, 5.41) is 3.04. The summed E-state index contributed by atoms with van der Waals surface area (Å²) in [4.78, 5) is 32.0. The van der Waals surface area contributed by atoms with Crippen molar-refractivity contribution in [2.75, 3.05) is 13.1 Å². The molecule has 2 amide bonds. The highest BCUT2D eigenvalue weighted by Gasteiger charge is 2.29. The molecule has 0 aliphatic carbocycles. The van der Waals surface area contributed by atoms with Crippen molar-refractivity contribution in [1.29, 1.82) is 0 Å². The van der Waals surface area contributed by atoms with E-state index in [0.29, 0.717) is 31.8 Å². The molecule has 1 aromatic heterocycles. The minimum absolute atomic E-state index is 0.00190. The highest BCUT2D eigenvalue weighted by Crippen LogP contribution is 2.21. The van der Waals surface area contributed by atoms with Crippen LogP contribution in [-0.4, -0.2) is 34.8 Å². The summed E-state index contributed by atoms with van der Waals surface area (Å²) < 4.78 is 5.84. The number of ether oxygens (including phenoxy) is 1. The number of hydrogen-bond acceptors (Lipinski definition) is 4. The number of nitrogens with one attached hydrogen (secondary N) is 1. The Bertz CT molecular complexity index is 1130. The number of amides is 2. The van der Waals surface area contributed by atoms with Crippen molar-refractivity contribution in [2.45, 2.75) is 39.8 Å². The second kappa shape index (κ2) is 11.0. The van der Waals surface area contributed by atoms with Crippen molar-refractivity contribution in [3.63, 3.8) is 0 Å². The van der Waals surface area contributed by atoms with Crippen LogP contribution >= 0.6 is 0 Å². The van der Waals surface area contributed by atoms with Gasteiger partial charge in [-0.3, -0.25) is 14.6 Å². The lowest BCUT2D eigenvalue weighted by atomic mass is 9.96. The highest BCUT2D eigenvalue weighted by atomic mass is 16.5. The average molecular weight is 458 g/mol. The molecule has 176 valence electrons. The number of carbonyl (C=O) groups excluding carboxylic acids is 2. The molecule has 2 aromatic carbocycles. The smallest absolute Gasteiger partial charge is 0.253 e. The maximum absolute atomic E-state index is 13.0. The predicted molar refractivity (Wildman–Crippen MR) is 131 cm³/mol. The molecule has 1 saturated heterocycles. The Morgan fingerprint density at radius 1 is 1.06 bits per heavy atom. The number of pyridine rings is 1. The van der Waals surface area contributed by atoms with E-state index in [-0.39, 0.29) is 17.7 Å². The van der Waals surface area contributed by atoms with E-state index >= 15 is 0 Å². The fraction of sp³-hybridized carbons (Fsp3) is 0.321. The molecule has 1 fully saturated rings. The molecule has 0 spiro atoms. The Balaban J connectivity index is 1.31. The van der Waals surface area contributed by atoms with Crippen LogP contribution in [0.25, 0.3) is 0 Å². The van der Waals surface area contributed by atoms with Crippen LogP contribution in [0.5, 0.6) is 5.75 Å². The number of benzene rings is 2. The zero-order valence-electron chi connectivity index (χ0n) is 19.8. The van der Waals surface area contributed by atoms with Crippen LogP contribution in [0.15, 0.2) is 66.9 Å². The molecule has 1 aliphatic heterocycles. The number of rotatable bonds is 7. The van der Waals surface area contributed by atoms with Gasteiger partial charge in [-0.2, -0.15) is 0 Å². The lowest BCUT2D eigenvalue weighted by Gasteiger charge is -2.32. The Kier molecular flexibility index (Phi) is 7.58. The van der Waals surface area contributed by atoms with E-state index in [1.54, 1.807) is 6.20 Å². The van der Waals surface area contributed by atoms with Gasteiger partial charge in [-0.25, -0.2) is 0 Å². The van der Waals surface area contributed by atoms with Crippen molar-refractivity contribution in [3.05, 3.63) is 94.8 Å². The maximum atomic E-state index is 13.0. The summed E-state index contributed by atoms with van der Waals surface area (Å²) in [6.07, 6.45) is 3.35. The van der Waals surface area contributed by atoms with Gasteiger partial charge in [0.2, 0.25) is 5.91 Å². The van der Waals surface area contributed by atoms with Crippen LogP contribution in [0.4, 0.5) is 0 Å². The van der Waals surface area contributed by atoms with Crippen LogP contribution in [-0.2, 0) is 17.9 Å². The number of aromatic nitrogens is 1. The topological polar surface area (TPSA) is 71.5 Å². The molecule has 34 heavy (non-hydrogen) atoms. The van der Waals surface area contributed by atoms with Gasteiger partial charge in [-0.15, -0.1) is 0 Å². The van der Waals surface area contributed by atoms with E-state index in [1.807, 2.05) is 73.3 Å². The van der Waals surface area contributed by atoms with Crippen molar-refractivity contribution >= 4 is 11.8 Å². The first-order valence-electron chi connectivity index (χ1n) is 11.7. The van der Waals surface area contributed by atoms with Gasteiger partial charge in [0.15, 0.2) is 0 Å². The number of carbonyl (C=O) groups is 2. The normalized spacial score (nSPS) is 15.6. The largest absolute Gasteiger partial charge is 0.487 e. The molecule has 0 saturated carbocycles. The van der Waals surface area contributed by atoms with Crippen LogP contribution in [0.3, 0.4) is 0 Å². The van der Waals surface area contributed by atoms with Gasteiger partial charge < -0.3 is 15.0 Å². The number of piperidine rings is 1. The first-order valence-corrected chi connectivity index (χ1v) is 11.7.